The van der Waals surface area contributed by atoms with Gasteiger partial charge in [-0.3, -0.25) is 9.59 Å². The van der Waals surface area contributed by atoms with Crippen molar-refractivity contribution in [2.75, 3.05) is 26.2 Å². The first-order valence-electron chi connectivity index (χ1n) is 6.75. The summed E-state index contributed by atoms with van der Waals surface area (Å²) < 4.78 is 0. The molecule has 1 aliphatic heterocycles. The van der Waals surface area contributed by atoms with Gasteiger partial charge in [0.05, 0.1) is 0 Å². The third-order valence-electron chi connectivity index (χ3n) is 3.76. The second-order valence-corrected chi connectivity index (χ2v) is 5.21. The lowest BCUT2D eigenvalue weighted by molar-refractivity contribution is -0.119. The quantitative estimate of drug-likeness (QED) is 0.839. The zero-order valence-corrected chi connectivity index (χ0v) is 11.4. The number of H-pyrrole nitrogens is 1. The van der Waals surface area contributed by atoms with E-state index in [1.807, 2.05) is 31.2 Å². The van der Waals surface area contributed by atoms with E-state index in [9.17, 15) is 9.59 Å². The summed E-state index contributed by atoms with van der Waals surface area (Å²) in [5, 5.41) is 1.05. The van der Waals surface area contributed by atoms with Gasteiger partial charge in [-0.2, -0.15) is 0 Å². The molecule has 2 amide bonds. The zero-order chi connectivity index (χ0) is 14.1. The van der Waals surface area contributed by atoms with Gasteiger partial charge in [0.2, 0.25) is 6.41 Å². The molecule has 0 aliphatic carbocycles. The number of rotatable bonds is 2. The molecule has 2 aromatic rings. The van der Waals surface area contributed by atoms with Crippen LogP contribution in [0.1, 0.15) is 16.1 Å². The summed E-state index contributed by atoms with van der Waals surface area (Å²) in [5.74, 6) is 0.00408. The molecule has 3 rings (SSSR count). The predicted octanol–water partition coefficient (Wildman–Crippen LogP) is 1.39. The van der Waals surface area contributed by atoms with Crippen LogP contribution in [0.2, 0.25) is 0 Å². The largest absolute Gasteiger partial charge is 0.351 e. The van der Waals surface area contributed by atoms with Crippen molar-refractivity contribution in [2.24, 2.45) is 0 Å². The van der Waals surface area contributed by atoms with Crippen LogP contribution in [0.5, 0.6) is 0 Å². The highest BCUT2D eigenvalue weighted by molar-refractivity contribution is 5.98. The third-order valence-corrected chi connectivity index (χ3v) is 3.76. The Morgan fingerprint density at radius 1 is 1.20 bits per heavy atom. The fourth-order valence-electron chi connectivity index (χ4n) is 2.56. The first kappa shape index (κ1) is 12.7. The van der Waals surface area contributed by atoms with Crippen molar-refractivity contribution < 1.29 is 9.59 Å². The monoisotopic (exact) mass is 271 g/mol. The molecule has 1 fully saturated rings. The molecule has 0 radical (unpaired) electrons. The first-order chi connectivity index (χ1) is 9.67. The fraction of sp³-hybridized carbons (Fsp3) is 0.333. The lowest BCUT2D eigenvalue weighted by Crippen LogP contribution is -2.48. The van der Waals surface area contributed by atoms with Gasteiger partial charge in [-0.15, -0.1) is 0 Å². The third kappa shape index (κ3) is 2.27. The van der Waals surface area contributed by atoms with Crippen molar-refractivity contribution in [1.29, 1.82) is 0 Å². The Kier molecular flexibility index (Phi) is 3.18. The van der Waals surface area contributed by atoms with Gasteiger partial charge in [-0.25, -0.2) is 0 Å². The Morgan fingerprint density at radius 3 is 2.65 bits per heavy atom. The molecular weight excluding hydrogens is 254 g/mol. The molecule has 1 aromatic carbocycles. The van der Waals surface area contributed by atoms with Gasteiger partial charge in [-0.1, -0.05) is 12.1 Å². The molecular formula is C15H17N3O2. The number of piperazine rings is 1. The van der Waals surface area contributed by atoms with Gasteiger partial charge in [0.15, 0.2) is 0 Å². The number of aryl methyl sites for hydroxylation is 1. The molecule has 0 unspecified atom stereocenters. The maximum atomic E-state index is 12.4. The van der Waals surface area contributed by atoms with Crippen molar-refractivity contribution in [3.05, 3.63) is 35.5 Å². The predicted molar refractivity (Wildman–Crippen MR) is 76.6 cm³/mol. The highest BCUT2D eigenvalue weighted by Crippen LogP contribution is 2.18. The van der Waals surface area contributed by atoms with Crippen LogP contribution in [0.3, 0.4) is 0 Å². The zero-order valence-electron chi connectivity index (χ0n) is 11.4. The lowest BCUT2D eigenvalue weighted by atomic mass is 10.2. The maximum absolute atomic E-state index is 12.4. The highest BCUT2D eigenvalue weighted by atomic mass is 16.2. The van der Waals surface area contributed by atoms with Crippen LogP contribution < -0.4 is 0 Å². The van der Waals surface area contributed by atoms with Crippen molar-refractivity contribution >= 4 is 23.2 Å². The van der Waals surface area contributed by atoms with E-state index >= 15 is 0 Å². The van der Waals surface area contributed by atoms with Gasteiger partial charge < -0.3 is 14.8 Å². The molecule has 0 atom stereocenters. The summed E-state index contributed by atoms with van der Waals surface area (Å²) in [5.41, 5.74) is 2.77. The maximum Gasteiger partial charge on any atom is 0.270 e. The van der Waals surface area contributed by atoms with Gasteiger partial charge >= 0.3 is 0 Å². The lowest BCUT2D eigenvalue weighted by Gasteiger charge is -2.32. The summed E-state index contributed by atoms with van der Waals surface area (Å²) in [7, 11) is 0. The van der Waals surface area contributed by atoms with Crippen LogP contribution in [0, 0.1) is 6.92 Å². The minimum absolute atomic E-state index is 0.00408. The molecule has 0 spiro atoms. The van der Waals surface area contributed by atoms with E-state index in [1.165, 1.54) is 0 Å². The molecule has 1 aromatic heterocycles. The molecule has 104 valence electrons. The minimum Gasteiger partial charge on any atom is -0.351 e. The number of aromatic nitrogens is 1. The van der Waals surface area contributed by atoms with Crippen molar-refractivity contribution in [3.63, 3.8) is 0 Å². The summed E-state index contributed by atoms with van der Waals surface area (Å²) in [6.45, 7) is 4.42. The first-order valence-corrected chi connectivity index (χ1v) is 6.75. The van der Waals surface area contributed by atoms with Crippen LogP contribution in [0.15, 0.2) is 24.3 Å². The van der Waals surface area contributed by atoms with Crippen LogP contribution in [0.25, 0.3) is 10.9 Å². The summed E-state index contributed by atoms with van der Waals surface area (Å²) >= 11 is 0. The molecule has 0 bridgehead atoms. The van der Waals surface area contributed by atoms with Gasteiger partial charge in [0, 0.05) is 37.1 Å². The minimum atomic E-state index is 0.00408. The normalized spacial score (nSPS) is 15.7. The molecule has 2 heterocycles. The SMILES string of the molecule is Cc1ccc2cc(C(=O)N3CCN(C=O)CC3)[nH]c2c1. The molecule has 5 nitrogen and oxygen atoms in total. The number of aromatic amines is 1. The number of fused-ring (bicyclic) bond motifs is 1. The van der Waals surface area contributed by atoms with Gasteiger partial charge in [-0.05, 0) is 24.6 Å². The van der Waals surface area contributed by atoms with E-state index in [4.69, 9.17) is 0 Å². The van der Waals surface area contributed by atoms with Crippen molar-refractivity contribution in [1.82, 2.24) is 14.8 Å². The number of hydrogen-bond acceptors (Lipinski definition) is 2. The number of hydrogen-bond donors (Lipinski definition) is 1. The molecule has 1 saturated heterocycles. The molecule has 5 heteroatoms. The standard InChI is InChI=1S/C15H17N3O2/c1-11-2-3-12-9-14(16-13(12)8-11)15(20)18-6-4-17(10-19)5-7-18/h2-3,8-10,16H,4-7H2,1H3. The Hall–Kier alpha value is -2.30. The Balaban J connectivity index is 1.80. The average molecular weight is 271 g/mol. The van der Waals surface area contributed by atoms with E-state index in [0.29, 0.717) is 31.9 Å². The second kappa shape index (κ2) is 5.00. The van der Waals surface area contributed by atoms with Crippen LogP contribution in [0.4, 0.5) is 0 Å². The van der Waals surface area contributed by atoms with E-state index in [1.54, 1.807) is 9.80 Å². The van der Waals surface area contributed by atoms with Crippen molar-refractivity contribution in [2.45, 2.75) is 6.92 Å². The van der Waals surface area contributed by atoms with Crippen LogP contribution in [-0.2, 0) is 4.79 Å². The van der Waals surface area contributed by atoms with Gasteiger partial charge in [0.25, 0.3) is 5.91 Å². The van der Waals surface area contributed by atoms with Crippen LogP contribution in [-0.4, -0.2) is 53.3 Å². The average Bonchev–Trinajstić information content (AvgIpc) is 2.89. The number of nitrogens with one attached hydrogen (secondary N) is 1. The van der Waals surface area contributed by atoms with E-state index in [0.717, 1.165) is 22.9 Å². The van der Waals surface area contributed by atoms with Crippen LogP contribution >= 0.6 is 0 Å². The van der Waals surface area contributed by atoms with Gasteiger partial charge in [0.1, 0.15) is 5.69 Å². The molecule has 1 N–H and O–H groups in total. The van der Waals surface area contributed by atoms with E-state index < -0.39 is 0 Å². The Labute approximate surface area is 117 Å². The second-order valence-electron chi connectivity index (χ2n) is 5.21. The van der Waals surface area contributed by atoms with E-state index in [-0.39, 0.29) is 5.91 Å². The number of benzene rings is 1. The molecule has 1 aliphatic rings. The summed E-state index contributed by atoms with van der Waals surface area (Å²) in [4.78, 5) is 29.8. The van der Waals surface area contributed by atoms with Crippen molar-refractivity contribution in [3.8, 4) is 0 Å². The summed E-state index contributed by atoms with van der Waals surface area (Å²) in [6, 6.07) is 7.98. The highest BCUT2D eigenvalue weighted by Gasteiger charge is 2.22. The number of carbonyl (C=O) groups is 2. The molecule has 20 heavy (non-hydrogen) atoms. The molecule has 0 saturated carbocycles. The summed E-state index contributed by atoms with van der Waals surface area (Å²) in [6.07, 6.45) is 0.841. The number of nitrogens with zero attached hydrogens (tertiary/aromatic N) is 2. The topological polar surface area (TPSA) is 56.4 Å². The number of carbonyl (C=O) groups excluding carboxylic acids is 2. The smallest absolute Gasteiger partial charge is 0.270 e. The van der Waals surface area contributed by atoms with E-state index in [2.05, 4.69) is 4.98 Å². The Bertz CT molecular complexity index is 654. The number of amides is 2. The Morgan fingerprint density at radius 2 is 1.95 bits per heavy atom. The fourth-order valence-corrected chi connectivity index (χ4v) is 2.56.